The van der Waals surface area contributed by atoms with Crippen molar-refractivity contribution < 1.29 is 18.8 Å². The Hall–Kier alpha value is -2.21. The maximum atomic E-state index is 12.9. The lowest BCUT2D eigenvalue weighted by Crippen LogP contribution is -2.40. The number of aryl methyl sites for hydroxylation is 2. The van der Waals surface area contributed by atoms with Crippen LogP contribution >= 0.6 is 0 Å². The Bertz CT molecular complexity index is 677. The van der Waals surface area contributed by atoms with Crippen molar-refractivity contribution >= 4 is 5.91 Å². The highest BCUT2D eigenvalue weighted by Gasteiger charge is 2.23. The van der Waals surface area contributed by atoms with Crippen LogP contribution in [0.15, 0.2) is 28.8 Å². The Labute approximate surface area is 140 Å². The molecule has 0 saturated heterocycles. The van der Waals surface area contributed by atoms with Crippen LogP contribution in [0.3, 0.4) is 0 Å². The van der Waals surface area contributed by atoms with E-state index in [4.69, 9.17) is 4.52 Å². The second-order valence-corrected chi connectivity index (χ2v) is 6.20. The molecule has 0 saturated carbocycles. The molecule has 0 fully saturated rings. The smallest absolute Gasteiger partial charge is 0.223 e. The average Bonchev–Trinajstić information content (AvgIpc) is 2.86. The Morgan fingerprint density at radius 2 is 1.92 bits per heavy atom. The molecule has 1 heterocycles. The zero-order valence-electron chi connectivity index (χ0n) is 14.3. The lowest BCUT2D eigenvalue weighted by Gasteiger charge is -2.22. The second-order valence-electron chi connectivity index (χ2n) is 6.20. The van der Waals surface area contributed by atoms with Crippen molar-refractivity contribution in [1.82, 2.24) is 10.5 Å². The number of aliphatic hydroxyl groups is 1. The van der Waals surface area contributed by atoms with Gasteiger partial charge in [-0.15, -0.1) is 0 Å². The number of nitrogens with one attached hydrogen (secondary N) is 1. The van der Waals surface area contributed by atoms with Gasteiger partial charge >= 0.3 is 0 Å². The first kappa shape index (κ1) is 18.1. The minimum absolute atomic E-state index is 0.163. The molecule has 130 valence electrons. The molecule has 0 bridgehead atoms. The summed E-state index contributed by atoms with van der Waals surface area (Å²) in [6.45, 7) is 7.20. The normalized spacial score (nSPS) is 14.9. The Balaban J connectivity index is 1.96. The van der Waals surface area contributed by atoms with E-state index in [1.165, 1.54) is 24.3 Å². The first-order valence-electron chi connectivity index (χ1n) is 7.95. The summed E-state index contributed by atoms with van der Waals surface area (Å²) in [4.78, 5) is 12.4. The molecule has 3 unspecified atom stereocenters. The van der Waals surface area contributed by atoms with Crippen LogP contribution in [0.25, 0.3) is 0 Å². The summed E-state index contributed by atoms with van der Waals surface area (Å²) < 4.78 is 18.1. The number of rotatable bonds is 6. The third-order valence-corrected chi connectivity index (χ3v) is 4.19. The number of nitrogens with zero attached hydrogens (tertiary/aromatic N) is 1. The van der Waals surface area contributed by atoms with Crippen LogP contribution in [-0.4, -0.2) is 22.2 Å². The molecule has 1 amide bonds. The first-order chi connectivity index (χ1) is 11.3. The van der Waals surface area contributed by atoms with Crippen LogP contribution in [0.1, 0.15) is 42.5 Å². The van der Waals surface area contributed by atoms with Crippen molar-refractivity contribution in [1.29, 1.82) is 0 Å². The molecule has 1 aromatic heterocycles. The molecule has 0 aliphatic rings. The van der Waals surface area contributed by atoms with E-state index in [0.717, 1.165) is 11.3 Å². The Morgan fingerprint density at radius 1 is 1.29 bits per heavy atom. The maximum absolute atomic E-state index is 12.9. The summed E-state index contributed by atoms with van der Waals surface area (Å²) in [5.41, 5.74) is 2.28. The predicted molar refractivity (Wildman–Crippen MR) is 87.8 cm³/mol. The summed E-state index contributed by atoms with van der Waals surface area (Å²) in [7, 11) is 0. The molecule has 2 rings (SSSR count). The first-order valence-corrected chi connectivity index (χ1v) is 7.95. The van der Waals surface area contributed by atoms with Gasteiger partial charge in [0.1, 0.15) is 11.6 Å². The number of carbonyl (C=O) groups is 1. The van der Waals surface area contributed by atoms with Gasteiger partial charge in [-0.3, -0.25) is 4.79 Å². The number of hydrogen-bond donors (Lipinski definition) is 2. The van der Waals surface area contributed by atoms with Gasteiger partial charge in [0.25, 0.3) is 0 Å². The molecule has 0 aliphatic heterocycles. The monoisotopic (exact) mass is 334 g/mol. The number of hydrogen-bond acceptors (Lipinski definition) is 4. The highest BCUT2D eigenvalue weighted by atomic mass is 19.1. The fourth-order valence-electron chi connectivity index (χ4n) is 2.59. The van der Waals surface area contributed by atoms with Gasteiger partial charge in [-0.1, -0.05) is 24.2 Å². The van der Waals surface area contributed by atoms with Crippen LogP contribution in [0.5, 0.6) is 0 Å². The molecule has 6 heteroatoms. The maximum Gasteiger partial charge on any atom is 0.223 e. The number of halogens is 1. The number of aliphatic hydroxyl groups excluding tert-OH is 1. The molecule has 5 nitrogen and oxygen atoms in total. The zero-order chi connectivity index (χ0) is 17.9. The third kappa shape index (κ3) is 4.20. The van der Waals surface area contributed by atoms with E-state index in [0.29, 0.717) is 17.7 Å². The van der Waals surface area contributed by atoms with Gasteiger partial charge in [0, 0.05) is 11.5 Å². The van der Waals surface area contributed by atoms with Gasteiger partial charge in [0.05, 0.1) is 17.8 Å². The second kappa shape index (κ2) is 7.57. The van der Waals surface area contributed by atoms with Crippen molar-refractivity contribution in [2.75, 3.05) is 0 Å². The summed E-state index contributed by atoms with van der Waals surface area (Å²) in [6, 6.07) is 5.10. The summed E-state index contributed by atoms with van der Waals surface area (Å²) >= 11 is 0. The van der Waals surface area contributed by atoms with E-state index >= 15 is 0 Å². The van der Waals surface area contributed by atoms with Crippen molar-refractivity contribution in [3.8, 4) is 0 Å². The van der Waals surface area contributed by atoms with Gasteiger partial charge in [0.15, 0.2) is 0 Å². The number of carbonyl (C=O) groups excluding carboxylic acids is 1. The van der Waals surface area contributed by atoms with Crippen molar-refractivity contribution in [3.05, 3.63) is 52.7 Å². The molecule has 0 aliphatic carbocycles. The van der Waals surface area contributed by atoms with Gasteiger partial charge in [-0.25, -0.2) is 4.39 Å². The lowest BCUT2D eigenvalue weighted by atomic mass is 9.98. The summed E-state index contributed by atoms with van der Waals surface area (Å²) in [5.74, 6) is -0.101. The van der Waals surface area contributed by atoms with Gasteiger partial charge in [0.2, 0.25) is 5.91 Å². The van der Waals surface area contributed by atoms with E-state index in [2.05, 4.69) is 10.5 Å². The molecule has 0 spiro atoms. The standard InChI is InChI=1S/C18H23FN2O3/c1-10(9-16-11(2)21-24-13(16)4)18(23)20-12(3)17(22)14-5-7-15(19)8-6-14/h5-8,10,12,17,22H,9H2,1-4H3,(H,20,23). The van der Waals surface area contributed by atoms with Crippen LogP contribution in [0, 0.1) is 25.6 Å². The number of benzene rings is 1. The van der Waals surface area contributed by atoms with Crippen LogP contribution in [0.4, 0.5) is 4.39 Å². The van der Waals surface area contributed by atoms with Crippen LogP contribution < -0.4 is 5.32 Å². The largest absolute Gasteiger partial charge is 0.386 e. The minimum atomic E-state index is -0.902. The Kier molecular flexibility index (Phi) is 5.72. The molecule has 3 atom stereocenters. The van der Waals surface area contributed by atoms with Crippen LogP contribution in [0.2, 0.25) is 0 Å². The van der Waals surface area contributed by atoms with Gasteiger partial charge < -0.3 is 14.9 Å². The summed E-state index contributed by atoms with van der Waals surface area (Å²) in [5, 5.41) is 17.0. The van der Waals surface area contributed by atoms with E-state index in [1.807, 2.05) is 20.8 Å². The van der Waals surface area contributed by atoms with E-state index in [1.54, 1.807) is 6.92 Å². The molecule has 0 radical (unpaired) electrons. The topological polar surface area (TPSA) is 75.4 Å². The average molecular weight is 334 g/mol. The predicted octanol–water partition coefficient (Wildman–Crippen LogP) is 2.85. The lowest BCUT2D eigenvalue weighted by molar-refractivity contribution is -0.125. The molecule has 24 heavy (non-hydrogen) atoms. The molecular formula is C18H23FN2O3. The SMILES string of the molecule is Cc1noc(C)c1CC(C)C(=O)NC(C)C(O)c1ccc(F)cc1. The number of amides is 1. The highest BCUT2D eigenvalue weighted by molar-refractivity contribution is 5.79. The van der Waals surface area contributed by atoms with Crippen molar-refractivity contribution in [2.24, 2.45) is 5.92 Å². The summed E-state index contributed by atoms with van der Waals surface area (Å²) in [6.07, 6.45) is -0.382. The quantitative estimate of drug-likeness (QED) is 0.852. The fraction of sp³-hybridized carbons (Fsp3) is 0.444. The van der Waals surface area contributed by atoms with Crippen molar-refractivity contribution in [3.63, 3.8) is 0 Å². The molecular weight excluding hydrogens is 311 g/mol. The van der Waals surface area contributed by atoms with E-state index in [-0.39, 0.29) is 17.6 Å². The Morgan fingerprint density at radius 3 is 2.46 bits per heavy atom. The van der Waals surface area contributed by atoms with E-state index in [9.17, 15) is 14.3 Å². The van der Waals surface area contributed by atoms with Gasteiger partial charge in [-0.2, -0.15) is 0 Å². The van der Waals surface area contributed by atoms with Gasteiger partial charge in [-0.05, 0) is 44.9 Å². The zero-order valence-corrected chi connectivity index (χ0v) is 14.3. The molecule has 2 aromatic rings. The molecule has 1 aromatic carbocycles. The number of aromatic nitrogens is 1. The molecule has 2 N–H and O–H groups in total. The fourth-order valence-corrected chi connectivity index (χ4v) is 2.59. The minimum Gasteiger partial charge on any atom is -0.386 e. The highest BCUT2D eigenvalue weighted by Crippen LogP contribution is 2.20. The van der Waals surface area contributed by atoms with Crippen LogP contribution in [-0.2, 0) is 11.2 Å². The van der Waals surface area contributed by atoms with E-state index < -0.39 is 12.1 Å². The van der Waals surface area contributed by atoms with Crippen molar-refractivity contribution in [2.45, 2.75) is 46.3 Å². The third-order valence-electron chi connectivity index (χ3n) is 4.19.